The molecule has 1 aliphatic heterocycles. The minimum absolute atomic E-state index is 0.0480. The fourth-order valence-corrected chi connectivity index (χ4v) is 2.30. The van der Waals surface area contributed by atoms with E-state index in [9.17, 15) is 14.0 Å². The number of aliphatic hydroxyl groups is 1. The Bertz CT molecular complexity index is 503. The van der Waals surface area contributed by atoms with Crippen LogP contribution in [0.25, 0.3) is 0 Å². The van der Waals surface area contributed by atoms with Crippen LogP contribution in [0.15, 0.2) is 24.3 Å². The smallest absolute Gasteiger partial charge is 0.325 e. The van der Waals surface area contributed by atoms with Crippen molar-refractivity contribution in [2.75, 3.05) is 13.2 Å². The molecule has 1 fully saturated rings. The number of halogens is 1. The summed E-state index contributed by atoms with van der Waals surface area (Å²) in [6.07, 6.45) is 0.352. The molecule has 0 unspecified atom stereocenters. The van der Waals surface area contributed by atoms with Gasteiger partial charge in [0.15, 0.2) is 0 Å². The van der Waals surface area contributed by atoms with Crippen LogP contribution in [0.5, 0.6) is 0 Å². The Hall–Kier alpha value is -1.95. The summed E-state index contributed by atoms with van der Waals surface area (Å²) in [6, 6.07) is 4.94. The average Bonchev–Trinajstić information content (AvgIpc) is 2.65. The average molecular weight is 266 g/mol. The fourth-order valence-electron chi connectivity index (χ4n) is 2.30. The maximum atomic E-state index is 13.0. The molecule has 102 valence electrons. The minimum Gasteiger partial charge on any atom is -0.395 e. The molecular formula is C13H15FN2O3. The van der Waals surface area contributed by atoms with Gasteiger partial charge in [0.2, 0.25) is 0 Å². The Morgan fingerprint density at radius 3 is 2.47 bits per heavy atom. The van der Waals surface area contributed by atoms with Crippen molar-refractivity contribution < 1.29 is 19.1 Å². The van der Waals surface area contributed by atoms with Crippen LogP contribution < -0.4 is 5.32 Å². The van der Waals surface area contributed by atoms with E-state index in [4.69, 9.17) is 5.11 Å². The number of hydrogen-bond acceptors (Lipinski definition) is 3. The van der Waals surface area contributed by atoms with Crippen LogP contribution in [0.3, 0.4) is 0 Å². The highest BCUT2D eigenvalue weighted by atomic mass is 19.1. The maximum Gasteiger partial charge on any atom is 0.325 e. The van der Waals surface area contributed by atoms with Crippen LogP contribution in [-0.2, 0) is 10.3 Å². The minimum atomic E-state index is -1.17. The largest absolute Gasteiger partial charge is 0.395 e. The van der Waals surface area contributed by atoms with E-state index in [1.54, 1.807) is 6.92 Å². The second-order valence-corrected chi connectivity index (χ2v) is 4.38. The van der Waals surface area contributed by atoms with Crippen LogP contribution in [0.2, 0.25) is 0 Å². The number of benzene rings is 1. The number of amides is 3. The first-order valence-electron chi connectivity index (χ1n) is 6.06. The number of hydrogen-bond donors (Lipinski definition) is 2. The fraction of sp³-hybridized carbons (Fsp3) is 0.385. The van der Waals surface area contributed by atoms with Crippen molar-refractivity contribution in [3.63, 3.8) is 0 Å². The molecule has 1 saturated heterocycles. The van der Waals surface area contributed by atoms with Gasteiger partial charge in [0.1, 0.15) is 11.4 Å². The molecule has 0 aliphatic carbocycles. The first-order chi connectivity index (χ1) is 9.05. The van der Waals surface area contributed by atoms with Crippen molar-refractivity contribution in [2.24, 2.45) is 0 Å². The van der Waals surface area contributed by atoms with Crippen molar-refractivity contribution >= 4 is 11.9 Å². The summed E-state index contributed by atoms with van der Waals surface area (Å²) in [4.78, 5) is 25.2. The molecule has 1 heterocycles. The van der Waals surface area contributed by atoms with E-state index in [2.05, 4.69) is 5.32 Å². The third-order valence-corrected chi connectivity index (χ3v) is 3.37. The number of imide groups is 1. The molecule has 19 heavy (non-hydrogen) atoms. The molecule has 0 bridgehead atoms. The molecule has 1 atom stereocenters. The lowest BCUT2D eigenvalue weighted by Gasteiger charge is -2.25. The second kappa shape index (κ2) is 4.97. The summed E-state index contributed by atoms with van der Waals surface area (Å²) in [5.74, 6) is -0.820. The SMILES string of the molecule is CC[C@@]1(c2ccc(F)cc2)NC(=O)N(CCO)C1=O. The molecule has 3 amide bonds. The molecule has 2 rings (SSSR count). The molecule has 0 spiro atoms. The summed E-state index contributed by atoms with van der Waals surface area (Å²) in [5.41, 5.74) is -0.630. The van der Waals surface area contributed by atoms with Gasteiger partial charge in [-0.3, -0.25) is 9.69 Å². The third-order valence-electron chi connectivity index (χ3n) is 3.37. The third kappa shape index (κ3) is 2.08. The molecule has 5 nitrogen and oxygen atoms in total. The van der Waals surface area contributed by atoms with Crippen molar-refractivity contribution in [2.45, 2.75) is 18.9 Å². The highest BCUT2D eigenvalue weighted by Gasteiger charge is 2.50. The van der Waals surface area contributed by atoms with Crippen molar-refractivity contribution in [3.8, 4) is 0 Å². The Morgan fingerprint density at radius 1 is 1.32 bits per heavy atom. The van der Waals surface area contributed by atoms with Gasteiger partial charge in [-0.25, -0.2) is 9.18 Å². The molecule has 1 aromatic carbocycles. The second-order valence-electron chi connectivity index (χ2n) is 4.38. The van der Waals surface area contributed by atoms with Crippen LogP contribution in [-0.4, -0.2) is 35.1 Å². The molecular weight excluding hydrogens is 251 g/mol. The topological polar surface area (TPSA) is 69.6 Å². The number of nitrogens with one attached hydrogen (secondary N) is 1. The van der Waals surface area contributed by atoms with E-state index >= 15 is 0 Å². The molecule has 0 radical (unpaired) electrons. The number of carbonyl (C=O) groups is 2. The zero-order valence-corrected chi connectivity index (χ0v) is 10.5. The van der Waals surface area contributed by atoms with Gasteiger partial charge in [0.25, 0.3) is 5.91 Å². The van der Waals surface area contributed by atoms with Crippen molar-refractivity contribution in [3.05, 3.63) is 35.6 Å². The van der Waals surface area contributed by atoms with Gasteiger partial charge in [-0.05, 0) is 24.1 Å². The van der Waals surface area contributed by atoms with Crippen molar-refractivity contribution in [1.82, 2.24) is 10.2 Å². The Kier molecular flexibility index (Phi) is 3.53. The summed E-state index contributed by atoms with van der Waals surface area (Å²) in [5, 5.41) is 11.5. The normalized spacial score (nSPS) is 22.8. The van der Waals surface area contributed by atoms with Crippen LogP contribution >= 0.6 is 0 Å². The zero-order valence-electron chi connectivity index (χ0n) is 10.5. The zero-order chi connectivity index (χ0) is 14.0. The van der Waals surface area contributed by atoms with E-state index in [0.29, 0.717) is 12.0 Å². The lowest BCUT2D eigenvalue weighted by molar-refractivity contribution is -0.132. The van der Waals surface area contributed by atoms with E-state index in [1.165, 1.54) is 24.3 Å². The van der Waals surface area contributed by atoms with Gasteiger partial charge in [0, 0.05) is 0 Å². The first kappa shape index (κ1) is 13.5. The van der Waals surface area contributed by atoms with E-state index in [1.807, 2.05) is 0 Å². The number of β-amino-alcohol motifs (C(OH)–C–C–N with tert-alkyl or cyclic N) is 1. The molecule has 6 heteroatoms. The standard InChI is InChI=1S/C13H15FN2O3/c1-2-13(9-3-5-10(14)6-4-9)11(18)16(7-8-17)12(19)15-13/h3-6,17H,2,7-8H2,1H3,(H,15,19)/t13-/m0/s1. The van der Waals surface area contributed by atoms with Crippen molar-refractivity contribution in [1.29, 1.82) is 0 Å². The predicted molar refractivity (Wildman–Crippen MR) is 65.7 cm³/mol. The quantitative estimate of drug-likeness (QED) is 0.798. The first-order valence-corrected chi connectivity index (χ1v) is 6.06. The lowest BCUT2D eigenvalue weighted by Crippen LogP contribution is -2.43. The molecule has 2 N–H and O–H groups in total. The van der Waals surface area contributed by atoms with E-state index in [-0.39, 0.29) is 13.2 Å². The Morgan fingerprint density at radius 2 is 1.95 bits per heavy atom. The summed E-state index contributed by atoms with van der Waals surface area (Å²) < 4.78 is 13.0. The number of carbonyl (C=O) groups excluding carboxylic acids is 2. The van der Waals surface area contributed by atoms with Crippen LogP contribution in [0.4, 0.5) is 9.18 Å². The highest BCUT2D eigenvalue weighted by Crippen LogP contribution is 2.32. The van der Waals surface area contributed by atoms with E-state index in [0.717, 1.165) is 4.90 Å². The maximum absolute atomic E-state index is 13.0. The van der Waals surface area contributed by atoms with Crippen LogP contribution in [0.1, 0.15) is 18.9 Å². The van der Waals surface area contributed by atoms with Gasteiger partial charge in [0.05, 0.1) is 13.2 Å². The van der Waals surface area contributed by atoms with Gasteiger partial charge in [-0.15, -0.1) is 0 Å². The molecule has 0 aromatic heterocycles. The highest BCUT2D eigenvalue weighted by molar-refractivity contribution is 6.07. The number of aliphatic hydroxyl groups excluding tert-OH is 1. The van der Waals surface area contributed by atoms with Gasteiger partial charge >= 0.3 is 6.03 Å². The summed E-state index contributed by atoms with van der Waals surface area (Å²) in [7, 11) is 0. The molecule has 0 saturated carbocycles. The number of nitrogens with zero attached hydrogens (tertiary/aromatic N) is 1. The molecule has 1 aliphatic rings. The monoisotopic (exact) mass is 266 g/mol. The Balaban J connectivity index is 2.41. The summed E-state index contributed by atoms with van der Waals surface area (Å²) >= 11 is 0. The summed E-state index contributed by atoms with van der Waals surface area (Å²) in [6.45, 7) is 1.43. The Labute approximate surface area is 110 Å². The van der Waals surface area contributed by atoms with Gasteiger partial charge in [-0.1, -0.05) is 19.1 Å². The van der Waals surface area contributed by atoms with Gasteiger partial charge < -0.3 is 10.4 Å². The van der Waals surface area contributed by atoms with Gasteiger partial charge in [-0.2, -0.15) is 0 Å². The van der Waals surface area contributed by atoms with E-state index < -0.39 is 23.3 Å². The number of urea groups is 1. The number of rotatable bonds is 4. The lowest BCUT2D eigenvalue weighted by atomic mass is 9.87. The predicted octanol–water partition coefficient (Wildman–Crippen LogP) is 0.975. The molecule has 1 aromatic rings. The van der Waals surface area contributed by atoms with Crippen LogP contribution in [0, 0.1) is 5.82 Å².